The minimum atomic E-state index is -0.306. The van der Waals surface area contributed by atoms with Gasteiger partial charge in [0.1, 0.15) is 0 Å². The fourth-order valence-electron chi connectivity index (χ4n) is 16.0. The average Bonchev–Trinajstić information content (AvgIpc) is 0.981. The second-order valence-electron chi connectivity index (χ2n) is 27.4. The number of nitrogens with zero attached hydrogens (tertiary/aromatic N) is 2. The summed E-state index contributed by atoms with van der Waals surface area (Å²) in [5, 5.41) is 5.16. The maximum absolute atomic E-state index is 2.71. The van der Waals surface area contributed by atoms with Gasteiger partial charge in [-0.2, -0.15) is 0 Å². The van der Waals surface area contributed by atoms with Crippen molar-refractivity contribution in [3.05, 3.63) is 345 Å². The number of fused-ring (bicyclic) bond motifs is 10. The van der Waals surface area contributed by atoms with Gasteiger partial charge in [0, 0.05) is 85.3 Å². The summed E-state index contributed by atoms with van der Waals surface area (Å²) >= 11 is 3.76. The number of hydrogen-bond donors (Lipinski definition) is 0. The van der Waals surface area contributed by atoms with Gasteiger partial charge in [0.15, 0.2) is 0 Å². The summed E-state index contributed by atoms with van der Waals surface area (Å²) in [6, 6.07) is 128. The summed E-state index contributed by atoms with van der Waals surface area (Å²) in [5.41, 5.74) is 30.2. The topological polar surface area (TPSA) is 6.48 Å². The zero-order valence-electron chi connectivity index (χ0n) is 55.1. The predicted molar refractivity (Wildman–Crippen MR) is 428 cm³/mol. The number of benzene rings is 15. The number of anilines is 6. The molecule has 99 heavy (non-hydrogen) atoms. The van der Waals surface area contributed by atoms with E-state index in [0.29, 0.717) is 0 Å². The highest BCUT2D eigenvalue weighted by atomic mass is 32.1. The third-order valence-electron chi connectivity index (χ3n) is 20.6. The monoisotopic (exact) mass is 1300 g/mol. The van der Waals surface area contributed by atoms with Crippen molar-refractivity contribution in [3.63, 3.8) is 0 Å². The fourth-order valence-corrected chi connectivity index (χ4v) is 18.2. The smallest absolute Gasteiger partial charge is 0.252 e. The number of rotatable bonds is 10. The Labute approximate surface area is 586 Å². The van der Waals surface area contributed by atoms with E-state index in [1.165, 1.54) is 95.7 Å². The van der Waals surface area contributed by atoms with Crippen LogP contribution in [-0.4, -0.2) is 6.71 Å². The SMILES string of the molecule is CC(C)(C)c1cc2c3c(c1)N(c1c(-c4ccccc4)cc(-c4ccccc4)cc1-c1ccccc1)c1ccc(-c4cccc5sc6ccccc6c45)cc1B3c1cc(-c3cccc4sc5ccccc5c34)ccc1N2c1c(-c2ccccc2)cc(-c2ccccc2)cc1-c1ccccc1. The maximum Gasteiger partial charge on any atom is 0.252 e. The van der Waals surface area contributed by atoms with E-state index in [1.54, 1.807) is 0 Å². The Bertz CT molecular complexity index is 5530. The summed E-state index contributed by atoms with van der Waals surface area (Å²) in [5.74, 6) is 0. The first-order valence-corrected chi connectivity index (χ1v) is 36.0. The molecule has 2 aliphatic heterocycles. The first-order chi connectivity index (χ1) is 48.8. The lowest BCUT2D eigenvalue weighted by Crippen LogP contribution is -2.61. The minimum absolute atomic E-state index is 0.258. The van der Waals surface area contributed by atoms with Crippen LogP contribution in [0.1, 0.15) is 26.3 Å². The normalized spacial score (nSPS) is 12.5. The van der Waals surface area contributed by atoms with Crippen LogP contribution < -0.4 is 26.2 Å². The largest absolute Gasteiger partial charge is 0.310 e. The molecule has 0 fully saturated rings. The van der Waals surface area contributed by atoms with Gasteiger partial charge in [-0.15, -0.1) is 22.7 Å². The summed E-state index contributed by atoms with van der Waals surface area (Å²) in [7, 11) is 0. The fraction of sp³-hybridized carbons (Fsp3) is 0.0426. The van der Waals surface area contributed by atoms with Crippen LogP contribution in [0.15, 0.2) is 340 Å². The van der Waals surface area contributed by atoms with Gasteiger partial charge < -0.3 is 9.80 Å². The van der Waals surface area contributed by atoms with Gasteiger partial charge in [-0.3, -0.25) is 0 Å². The van der Waals surface area contributed by atoms with Crippen molar-refractivity contribution in [3.8, 4) is 89.0 Å². The number of thiophene rings is 2. The van der Waals surface area contributed by atoms with Crippen molar-refractivity contribution in [2.24, 2.45) is 0 Å². The molecule has 19 rings (SSSR count). The molecule has 2 aromatic heterocycles. The van der Waals surface area contributed by atoms with E-state index in [0.717, 1.165) is 89.8 Å². The van der Waals surface area contributed by atoms with E-state index < -0.39 is 0 Å². The van der Waals surface area contributed by atoms with E-state index >= 15 is 0 Å². The van der Waals surface area contributed by atoms with Gasteiger partial charge in [-0.25, -0.2) is 0 Å². The van der Waals surface area contributed by atoms with Gasteiger partial charge in [0.2, 0.25) is 0 Å². The van der Waals surface area contributed by atoms with Crippen LogP contribution >= 0.6 is 22.7 Å². The molecule has 5 heteroatoms. The molecule has 0 aliphatic carbocycles. The van der Waals surface area contributed by atoms with Gasteiger partial charge in [0.25, 0.3) is 6.71 Å². The molecule has 0 unspecified atom stereocenters. The van der Waals surface area contributed by atoms with Crippen LogP contribution in [0.5, 0.6) is 0 Å². The van der Waals surface area contributed by atoms with Crippen molar-refractivity contribution in [2.75, 3.05) is 9.80 Å². The average molecular weight is 1300 g/mol. The lowest BCUT2D eigenvalue weighted by molar-refractivity contribution is 0.590. The van der Waals surface area contributed by atoms with Crippen LogP contribution in [0.2, 0.25) is 0 Å². The van der Waals surface area contributed by atoms with Crippen LogP contribution in [0, 0.1) is 0 Å². The Balaban J connectivity index is 1.000. The van der Waals surface area contributed by atoms with Gasteiger partial charge in [0.05, 0.1) is 11.4 Å². The molecule has 0 radical (unpaired) electrons. The molecular formula is C94H65BN2S2. The zero-order valence-corrected chi connectivity index (χ0v) is 56.8. The molecule has 0 spiro atoms. The highest BCUT2D eigenvalue weighted by Crippen LogP contribution is 2.56. The standard InChI is InChI=1S/C94H65BN2S2/c1-94(2,3)70-58-83-91-84(59-70)97(93-77(64-36-18-8-19-37-64)54-69(61-30-12-5-13-31-61)55-78(93)65-38-20-9-21-39-65)82-51-49-67(72-43-27-47-88-90(72)74-41-23-25-45-86(74)99-88)57-80(82)95(91)79-56-66(71-42-26-46-87-89(71)73-40-22-24-44-85(73)98-87)48-50-81(79)96(83)92-75(62-32-14-6-15-33-62)52-68(60-28-10-4-11-29-60)53-76(92)63-34-16-7-17-35-63/h4-59H,1-3H3. The van der Waals surface area contributed by atoms with Gasteiger partial charge in [-0.1, -0.05) is 288 Å². The van der Waals surface area contributed by atoms with Crippen molar-refractivity contribution in [1.82, 2.24) is 0 Å². The van der Waals surface area contributed by atoms with Crippen molar-refractivity contribution in [1.29, 1.82) is 0 Å². The highest BCUT2D eigenvalue weighted by Gasteiger charge is 2.46. The molecule has 0 saturated heterocycles. The molecule has 0 saturated carbocycles. The van der Waals surface area contributed by atoms with Gasteiger partial charge >= 0.3 is 0 Å². The molecule has 0 N–H and O–H groups in total. The van der Waals surface area contributed by atoms with E-state index in [2.05, 4.69) is 370 Å². The quantitative estimate of drug-likeness (QED) is 0.126. The third kappa shape index (κ3) is 9.82. The molecule has 0 atom stereocenters. The first kappa shape index (κ1) is 58.7. The molecule has 2 aliphatic rings. The molecule has 0 bridgehead atoms. The lowest BCUT2D eigenvalue weighted by atomic mass is 9.33. The van der Waals surface area contributed by atoms with Crippen LogP contribution in [0.25, 0.3) is 129 Å². The second-order valence-corrected chi connectivity index (χ2v) is 29.6. The van der Waals surface area contributed by atoms with Crippen LogP contribution in [0.4, 0.5) is 34.1 Å². The van der Waals surface area contributed by atoms with Gasteiger partial charge in [-0.05, 0) is 167 Å². The summed E-state index contributed by atoms with van der Waals surface area (Å²) < 4.78 is 5.16. The molecule has 4 heterocycles. The lowest BCUT2D eigenvalue weighted by Gasteiger charge is -2.46. The summed E-state index contributed by atoms with van der Waals surface area (Å²) in [6.07, 6.45) is 0. The van der Waals surface area contributed by atoms with E-state index in [-0.39, 0.29) is 12.1 Å². The zero-order chi connectivity index (χ0) is 65.9. The Hall–Kier alpha value is -11.6. The molecule has 0 amide bonds. The summed E-state index contributed by atoms with van der Waals surface area (Å²) in [6.45, 7) is 6.91. The molecule has 17 aromatic rings. The molecule has 2 nitrogen and oxygen atoms in total. The van der Waals surface area contributed by atoms with Crippen molar-refractivity contribution < 1.29 is 0 Å². The Morgan fingerprint density at radius 2 is 0.576 bits per heavy atom. The Kier molecular flexibility index (Phi) is 14.0. The first-order valence-electron chi connectivity index (χ1n) is 34.3. The molecule has 466 valence electrons. The van der Waals surface area contributed by atoms with Crippen LogP contribution in [-0.2, 0) is 5.41 Å². The van der Waals surface area contributed by atoms with Crippen LogP contribution in [0.3, 0.4) is 0 Å². The Morgan fingerprint density at radius 1 is 0.253 bits per heavy atom. The van der Waals surface area contributed by atoms with E-state index in [4.69, 9.17) is 0 Å². The Morgan fingerprint density at radius 3 is 0.929 bits per heavy atom. The molecular weight excluding hydrogens is 1230 g/mol. The highest BCUT2D eigenvalue weighted by molar-refractivity contribution is 7.26. The summed E-state index contributed by atoms with van der Waals surface area (Å²) in [4.78, 5) is 5.42. The second kappa shape index (κ2) is 23.6. The maximum atomic E-state index is 2.71. The van der Waals surface area contributed by atoms with Crippen molar-refractivity contribution in [2.45, 2.75) is 26.2 Å². The minimum Gasteiger partial charge on any atom is -0.310 e. The van der Waals surface area contributed by atoms with Crippen molar-refractivity contribution >= 4 is 120 Å². The van der Waals surface area contributed by atoms with E-state index in [9.17, 15) is 0 Å². The van der Waals surface area contributed by atoms with E-state index in [1.807, 2.05) is 22.7 Å². The third-order valence-corrected chi connectivity index (χ3v) is 22.9. The molecule has 15 aromatic carbocycles. The predicted octanol–water partition coefficient (Wildman–Crippen LogP) is 25.1. The number of hydrogen-bond acceptors (Lipinski definition) is 4.